The van der Waals surface area contributed by atoms with Crippen molar-refractivity contribution in [2.24, 2.45) is 0 Å². The van der Waals surface area contributed by atoms with Gasteiger partial charge >= 0.3 is 18.0 Å². The smallest absolute Gasteiger partial charge is 0.338 e. The van der Waals surface area contributed by atoms with Gasteiger partial charge in [-0.15, -0.1) is 0 Å². The van der Waals surface area contributed by atoms with Crippen molar-refractivity contribution >= 4 is 18.0 Å². The highest BCUT2D eigenvalue weighted by atomic mass is 16.5. The van der Waals surface area contributed by atoms with Crippen LogP contribution >= 0.6 is 0 Å². The van der Waals surface area contributed by atoms with Crippen molar-refractivity contribution in [2.75, 3.05) is 13.2 Å². The monoisotopic (exact) mass is 346 g/mol. The lowest BCUT2D eigenvalue weighted by Crippen LogP contribution is -2.50. The van der Waals surface area contributed by atoms with E-state index in [1.54, 1.807) is 26.0 Å². The minimum Gasteiger partial charge on any atom is -0.463 e. The summed E-state index contributed by atoms with van der Waals surface area (Å²) < 4.78 is 10.3. The Morgan fingerprint density at radius 3 is 2.36 bits per heavy atom. The number of esters is 2. The third kappa shape index (κ3) is 4.59. The number of carbonyl (C=O) groups is 3. The number of benzene rings is 1. The molecule has 0 saturated heterocycles. The second-order valence-electron chi connectivity index (χ2n) is 5.56. The molecular formula is C18H22N2O5. The molecule has 0 spiro atoms. The summed E-state index contributed by atoms with van der Waals surface area (Å²) in [4.78, 5) is 35.9. The van der Waals surface area contributed by atoms with Crippen molar-refractivity contribution in [3.63, 3.8) is 0 Å². The third-order valence-corrected chi connectivity index (χ3v) is 3.81. The normalized spacial score (nSPS) is 16.8. The van der Waals surface area contributed by atoms with Gasteiger partial charge in [-0.25, -0.2) is 14.4 Å². The first-order valence-electron chi connectivity index (χ1n) is 8.20. The maximum Gasteiger partial charge on any atom is 0.338 e. The lowest BCUT2D eigenvalue weighted by molar-refractivity contribution is -0.139. The van der Waals surface area contributed by atoms with E-state index in [1.807, 2.05) is 19.1 Å². The lowest BCUT2D eigenvalue weighted by Gasteiger charge is -2.26. The molecule has 0 aliphatic carbocycles. The number of aryl methyl sites for hydroxylation is 1. The maximum absolute atomic E-state index is 12.2. The zero-order valence-corrected chi connectivity index (χ0v) is 14.5. The Hall–Kier alpha value is -2.83. The highest BCUT2D eigenvalue weighted by Crippen LogP contribution is 2.15. The van der Waals surface area contributed by atoms with Gasteiger partial charge in [0.25, 0.3) is 0 Å². The van der Waals surface area contributed by atoms with Gasteiger partial charge in [0.15, 0.2) is 0 Å². The van der Waals surface area contributed by atoms with E-state index in [2.05, 4.69) is 10.6 Å². The fourth-order valence-corrected chi connectivity index (χ4v) is 2.49. The molecule has 25 heavy (non-hydrogen) atoms. The Balaban J connectivity index is 2.13. The quantitative estimate of drug-likeness (QED) is 0.768. The van der Waals surface area contributed by atoms with E-state index in [0.717, 1.165) is 12.0 Å². The second kappa shape index (κ2) is 8.32. The van der Waals surface area contributed by atoms with Gasteiger partial charge in [-0.2, -0.15) is 0 Å². The van der Waals surface area contributed by atoms with Gasteiger partial charge in [-0.1, -0.05) is 19.1 Å². The van der Waals surface area contributed by atoms with Gasteiger partial charge in [0, 0.05) is 0 Å². The van der Waals surface area contributed by atoms with Crippen molar-refractivity contribution in [3.05, 3.63) is 46.7 Å². The largest absolute Gasteiger partial charge is 0.463 e. The fourth-order valence-electron chi connectivity index (χ4n) is 2.49. The SMILES string of the molecule is CCOC(=O)C1=C(COC(=O)c2ccc(CC)cc2)NC(=O)NC1C. The predicted molar refractivity (Wildman–Crippen MR) is 90.9 cm³/mol. The van der Waals surface area contributed by atoms with Crippen LogP contribution in [0.2, 0.25) is 0 Å². The summed E-state index contributed by atoms with van der Waals surface area (Å²) in [5, 5.41) is 5.09. The first kappa shape index (κ1) is 18.5. The molecule has 1 aromatic carbocycles. The minimum absolute atomic E-state index is 0.208. The van der Waals surface area contributed by atoms with Crippen molar-refractivity contribution in [3.8, 4) is 0 Å². The molecule has 7 nitrogen and oxygen atoms in total. The van der Waals surface area contributed by atoms with Crippen molar-refractivity contribution in [1.29, 1.82) is 0 Å². The van der Waals surface area contributed by atoms with E-state index in [0.29, 0.717) is 5.56 Å². The van der Waals surface area contributed by atoms with Crippen LogP contribution in [-0.4, -0.2) is 37.2 Å². The van der Waals surface area contributed by atoms with E-state index >= 15 is 0 Å². The van der Waals surface area contributed by atoms with Gasteiger partial charge in [0.1, 0.15) is 6.61 Å². The Morgan fingerprint density at radius 2 is 1.76 bits per heavy atom. The number of nitrogens with one attached hydrogen (secondary N) is 2. The minimum atomic E-state index is -0.555. The van der Waals surface area contributed by atoms with Crippen molar-refractivity contribution < 1.29 is 23.9 Å². The molecule has 1 aliphatic heterocycles. The summed E-state index contributed by atoms with van der Waals surface area (Å²) >= 11 is 0. The summed E-state index contributed by atoms with van der Waals surface area (Å²) in [6.07, 6.45) is 0.877. The molecule has 2 amide bonds. The topological polar surface area (TPSA) is 93.7 Å². The number of hydrogen-bond acceptors (Lipinski definition) is 5. The molecule has 0 saturated carbocycles. The van der Waals surface area contributed by atoms with E-state index in [9.17, 15) is 14.4 Å². The molecule has 0 bridgehead atoms. The Morgan fingerprint density at radius 1 is 1.08 bits per heavy atom. The molecule has 0 fully saturated rings. The number of urea groups is 1. The summed E-state index contributed by atoms with van der Waals surface area (Å²) in [5.41, 5.74) is 2.00. The predicted octanol–water partition coefficient (Wildman–Crippen LogP) is 1.92. The van der Waals surface area contributed by atoms with E-state index in [4.69, 9.17) is 9.47 Å². The summed E-state index contributed by atoms with van der Waals surface area (Å²) in [7, 11) is 0. The molecule has 0 aromatic heterocycles. The first-order valence-corrected chi connectivity index (χ1v) is 8.20. The Bertz CT molecular complexity index is 694. The lowest BCUT2D eigenvalue weighted by atomic mass is 10.0. The first-order chi connectivity index (χ1) is 12.0. The van der Waals surface area contributed by atoms with E-state index in [-0.39, 0.29) is 24.5 Å². The molecule has 134 valence electrons. The molecule has 0 radical (unpaired) electrons. The number of rotatable bonds is 6. The Labute approximate surface area is 146 Å². The van der Waals surface area contributed by atoms with E-state index in [1.165, 1.54) is 0 Å². The van der Waals surface area contributed by atoms with Crippen LogP contribution in [0.5, 0.6) is 0 Å². The van der Waals surface area contributed by atoms with Crippen LogP contribution in [0.15, 0.2) is 35.5 Å². The van der Waals surface area contributed by atoms with Crippen molar-refractivity contribution in [1.82, 2.24) is 10.6 Å². The molecule has 1 aromatic rings. The average Bonchev–Trinajstić information content (AvgIpc) is 2.59. The van der Waals surface area contributed by atoms with Gasteiger partial charge < -0.3 is 20.1 Å². The van der Waals surface area contributed by atoms with Crippen LogP contribution in [0.4, 0.5) is 4.79 Å². The molecule has 1 atom stereocenters. The molecule has 2 N–H and O–H groups in total. The molecule has 1 aliphatic rings. The van der Waals surface area contributed by atoms with Crippen LogP contribution in [0.3, 0.4) is 0 Å². The van der Waals surface area contributed by atoms with Gasteiger partial charge in [-0.3, -0.25) is 0 Å². The van der Waals surface area contributed by atoms with Crippen LogP contribution in [0.25, 0.3) is 0 Å². The van der Waals surface area contributed by atoms with Gasteiger partial charge in [0.05, 0.1) is 29.5 Å². The molecule has 1 unspecified atom stereocenters. The van der Waals surface area contributed by atoms with Crippen LogP contribution in [0.1, 0.15) is 36.7 Å². The zero-order chi connectivity index (χ0) is 18.4. The third-order valence-electron chi connectivity index (χ3n) is 3.81. The van der Waals surface area contributed by atoms with Crippen LogP contribution < -0.4 is 10.6 Å². The average molecular weight is 346 g/mol. The van der Waals surface area contributed by atoms with Gasteiger partial charge in [0.2, 0.25) is 0 Å². The number of ether oxygens (including phenoxy) is 2. The number of amides is 2. The fraction of sp³-hybridized carbons (Fsp3) is 0.389. The molecule has 1 heterocycles. The van der Waals surface area contributed by atoms with Crippen LogP contribution in [-0.2, 0) is 20.7 Å². The molecular weight excluding hydrogens is 324 g/mol. The standard InChI is InChI=1S/C18H22N2O5/c1-4-12-6-8-13(9-7-12)16(21)25-10-14-15(17(22)24-5-2)11(3)19-18(23)20-14/h6-9,11H,4-5,10H2,1-3H3,(H2,19,20,23). The highest BCUT2D eigenvalue weighted by molar-refractivity contribution is 5.95. The van der Waals surface area contributed by atoms with Gasteiger partial charge in [-0.05, 0) is 38.0 Å². The molecule has 7 heteroatoms. The number of carbonyl (C=O) groups excluding carboxylic acids is 3. The number of hydrogen-bond donors (Lipinski definition) is 2. The summed E-state index contributed by atoms with van der Waals surface area (Å²) in [6, 6.07) is 6.09. The van der Waals surface area contributed by atoms with Crippen LogP contribution in [0, 0.1) is 0 Å². The van der Waals surface area contributed by atoms with Crippen molar-refractivity contribution in [2.45, 2.75) is 33.2 Å². The summed E-state index contributed by atoms with van der Waals surface area (Å²) in [5.74, 6) is -1.08. The summed E-state index contributed by atoms with van der Waals surface area (Å²) in [6.45, 7) is 5.37. The maximum atomic E-state index is 12.2. The second-order valence-corrected chi connectivity index (χ2v) is 5.56. The highest BCUT2D eigenvalue weighted by Gasteiger charge is 2.30. The molecule has 2 rings (SSSR count). The zero-order valence-electron chi connectivity index (χ0n) is 14.5. The van der Waals surface area contributed by atoms with E-state index < -0.39 is 24.0 Å². The Kier molecular flexibility index (Phi) is 6.16.